The summed E-state index contributed by atoms with van der Waals surface area (Å²) in [6.45, 7) is 5.81. The summed E-state index contributed by atoms with van der Waals surface area (Å²) in [5.74, 6) is -0.176. The summed E-state index contributed by atoms with van der Waals surface area (Å²) < 4.78 is 2.06. The first-order chi connectivity index (χ1) is 14.3. The van der Waals surface area contributed by atoms with Crippen LogP contribution < -0.4 is 5.43 Å². The van der Waals surface area contributed by atoms with Gasteiger partial charge in [-0.1, -0.05) is 34.8 Å². The molecule has 1 amide bonds. The number of hydrogen-bond acceptors (Lipinski definition) is 3. The summed E-state index contributed by atoms with van der Waals surface area (Å²) in [5.41, 5.74) is 6.42. The van der Waals surface area contributed by atoms with Crippen molar-refractivity contribution in [2.75, 3.05) is 0 Å². The maximum absolute atomic E-state index is 12.3. The number of nitrogens with zero attached hydrogens (tertiary/aromatic N) is 2. The summed E-state index contributed by atoms with van der Waals surface area (Å²) in [6.07, 6.45) is 1.65. The van der Waals surface area contributed by atoms with Gasteiger partial charge in [0.05, 0.1) is 21.5 Å². The number of hydrazone groups is 1. The molecule has 3 rings (SSSR count). The van der Waals surface area contributed by atoms with E-state index in [0.717, 1.165) is 27.5 Å². The van der Waals surface area contributed by atoms with Crippen LogP contribution in [0, 0.1) is 13.8 Å². The highest BCUT2D eigenvalue weighted by molar-refractivity contribution is 8.00. The van der Waals surface area contributed by atoms with Crippen LogP contribution in [0.2, 0.25) is 15.1 Å². The van der Waals surface area contributed by atoms with Crippen LogP contribution in [0.4, 0.5) is 0 Å². The number of halogens is 3. The van der Waals surface area contributed by atoms with E-state index in [1.54, 1.807) is 24.4 Å². The molecule has 0 bridgehead atoms. The zero-order valence-electron chi connectivity index (χ0n) is 16.6. The number of rotatable bonds is 6. The number of hydrogen-bond donors (Lipinski definition) is 1. The highest BCUT2D eigenvalue weighted by atomic mass is 35.5. The molecule has 0 aliphatic rings. The Balaban J connectivity index is 1.68. The van der Waals surface area contributed by atoms with Gasteiger partial charge in [-0.15, -0.1) is 11.8 Å². The fourth-order valence-corrected chi connectivity index (χ4v) is 4.25. The van der Waals surface area contributed by atoms with E-state index in [2.05, 4.69) is 15.1 Å². The van der Waals surface area contributed by atoms with Crippen LogP contribution in [0.25, 0.3) is 5.69 Å². The lowest BCUT2D eigenvalue weighted by Crippen LogP contribution is -2.26. The van der Waals surface area contributed by atoms with Crippen LogP contribution in [0.1, 0.15) is 23.9 Å². The second kappa shape index (κ2) is 9.92. The lowest BCUT2D eigenvalue weighted by atomic mass is 10.2. The molecule has 0 saturated heterocycles. The first-order valence-corrected chi connectivity index (χ1v) is 11.2. The molecule has 3 aromatic rings. The summed E-state index contributed by atoms with van der Waals surface area (Å²) in [7, 11) is 0. The first-order valence-electron chi connectivity index (χ1n) is 9.15. The second-order valence-electron chi connectivity index (χ2n) is 6.71. The fourth-order valence-electron chi connectivity index (χ4n) is 2.97. The van der Waals surface area contributed by atoms with Gasteiger partial charge in [0.2, 0.25) is 0 Å². The molecular weight excluding hydrogens is 461 g/mol. The molecule has 0 aliphatic heterocycles. The van der Waals surface area contributed by atoms with Gasteiger partial charge >= 0.3 is 0 Å². The normalized spacial score (nSPS) is 12.3. The molecule has 0 fully saturated rings. The van der Waals surface area contributed by atoms with E-state index in [0.29, 0.717) is 15.1 Å². The third-order valence-electron chi connectivity index (χ3n) is 4.51. The van der Waals surface area contributed by atoms with Gasteiger partial charge in [0.25, 0.3) is 5.91 Å². The standard InChI is InChI=1S/C22H20Cl3N3OS/c1-13-10-16(14(2)28(13)18-6-9-20(24)21(25)11-18)12-26-27-22(29)15(3)30-19-7-4-17(23)5-8-19/h4-12,15H,1-3H3,(H,27,29)/b26-12-/t15-/m0/s1. The Kier molecular flexibility index (Phi) is 7.53. The predicted octanol–water partition coefficient (Wildman–Crippen LogP) is 6.69. The Morgan fingerprint density at radius 3 is 2.43 bits per heavy atom. The first kappa shape index (κ1) is 22.8. The van der Waals surface area contributed by atoms with Crippen molar-refractivity contribution in [3.05, 3.63) is 80.6 Å². The van der Waals surface area contributed by atoms with Crippen molar-refractivity contribution in [1.82, 2.24) is 9.99 Å². The van der Waals surface area contributed by atoms with Crippen molar-refractivity contribution >= 4 is 58.7 Å². The fraction of sp³-hybridized carbons (Fsp3) is 0.182. The topological polar surface area (TPSA) is 46.4 Å². The number of nitrogens with one attached hydrogen (secondary N) is 1. The monoisotopic (exact) mass is 479 g/mol. The number of thioether (sulfide) groups is 1. The van der Waals surface area contributed by atoms with Gasteiger partial charge in [-0.3, -0.25) is 4.79 Å². The molecule has 156 valence electrons. The SMILES string of the molecule is Cc1cc(/C=N\NC(=O)[C@H](C)Sc2ccc(Cl)cc2)c(C)n1-c1ccc(Cl)c(Cl)c1. The molecule has 0 unspecified atom stereocenters. The molecule has 1 atom stereocenters. The Bertz CT molecular complexity index is 1090. The van der Waals surface area contributed by atoms with E-state index in [1.807, 2.05) is 51.1 Å². The third-order valence-corrected chi connectivity index (χ3v) is 6.61. The van der Waals surface area contributed by atoms with Crippen LogP contribution >= 0.6 is 46.6 Å². The summed E-state index contributed by atoms with van der Waals surface area (Å²) >= 11 is 19.5. The number of carbonyl (C=O) groups excluding carboxylic acids is 1. The Labute approximate surface area is 195 Å². The molecule has 0 aliphatic carbocycles. The van der Waals surface area contributed by atoms with Crippen LogP contribution in [0.3, 0.4) is 0 Å². The maximum Gasteiger partial charge on any atom is 0.253 e. The summed E-state index contributed by atoms with van der Waals surface area (Å²) in [4.78, 5) is 13.3. The molecule has 8 heteroatoms. The molecular formula is C22H20Cl3N3OS. The molecule has 1 N–H and O–H groups in total. The van der Waals surface area contributed by atoms with Gasteiger partial charge in [0.1, 0.15) is 0 Å². The zero-order chi connectivity index (χ0) is 21.8. The number of aromatic nitrogens is 1. The smallest absolute Gasteiger partial charge is 0.253 e. The lowest BCUT2D eigenvalue weighted by Gasteiger charge is -2.10. The molecule has 4 nitrogen and oxygen atoms in total. The minimum absolute atomic E-state index is 0.176. The average Bonchev–Trinajstić information content (AvgIpc) is 2.99. The minimum atomic E-state index is -0.299. The second-order valence-corrected chi connectivity index (χ2v) is 9.37. The molecule has 0 saturated carbocycles. The van der Waals surface area contributed by atoms with Crippen molar-refractivity contribution in [2.24, 2.45) is 5.10 Å². The van der Waals surface area contributed by atoms with Crippen LogP contribution in [-0.2, 0) is 4.79 Å². The maximum atomic E-state index is 12.3. The van der Waals surface area contributed by atoms with Gasteiger partial charge in [-0.25, -0.2) is 5.43 Å². The van der Waals surface area contributed by atoms with Gasteiger partial charge < -0.3 is 4.57 Å². The van der Waals surface area contributed by atoms with Crippen molar-refractivity contribution in [3.8, 4) is 5.69 Å². The number of benzene rings is 2. The lowest BCUT2D eigenvalue weighted by molar-refractivity contribution is -0.120. The van der Waals surface area contributed by atoms with E-state index in [-0.39, 0.29) is 11.2 Å². The van der Waals surface area contributed by atoms with Crippen LogP contribution in [-0.4, -0.2) is 21.9 Å². The highest BCUT2D eigenvalue weighted by Crippen LogP contribution is 2.27. The van der Waals surface area contributed by atoms with E-state index < -0.39 is 0 Å². The quantitative estimate of drug-likeness (QED) is 0.243. The zero-order valence-corrected chi connectivity index (χ0v) is 19.7. The van der Waals surface area contributed by atoms with Crippen molar-refractivity contribution in [2.45, 2.75) is 30.9 Å². The largest absolute Gasteiger partial charge is 0.318 e. The minimum Gasteiger partial charge on any atom is -0.318 e. The van der Waals surface area contributed by atoms with Gasteiger partial charge in [-0.05, 0) is 69.3 Å². The molecule has 0 radical (unpaired) electrons. The molecule has 2 aromatic carbocycles. The van der Waals surface area contributed by atoms with Crippen LogP contribution in [0.15, 0.2) is 58.5 Å². The Morgan fingerprint density at radius 2 is 1.77 bits per heavy atom. The van der Waals surface area contributed by atoms with Crippen LogP contribution in [0.5, 0.6) is 0 Å². The summed E-state index contributed by atoms with van der Waals surface area (Å²) in [5, 5.41) is 5.52. The number of aryl methyl sites for hydroxylation is 1. The van der Waals surface area contributed by atoms with E-state index in [4.69, 9.17) is 34.8 Å². The van der Waals surface area contributed by atoms with E-state index >= 15 is 0 Å². The van der Waals surface area contributed by atoms with E-state index in [9.17, 15) is 4.79 Å². The van der Waals surface area contributed by atoms with E-state index in [1.165, 1.54) is 11.8 Å². The summed E-state index contributed by atoms with van der Waals surface area (Å²) in [6, 6.07) is 14.9. The molecule has 30 heavy (non-hydrogen) atoms. The Hall–Kier alpha value is -1.92. The highest BCUT2D eigenvalue weighted by Gasteiger charge is 2.14. The average molecular weight is 481 g/mol. The van der Waals surface area contributed by atoms with Gasteiger partial charge in [-0.2, -0.15) is 5.10 Å². The van der Waals surface area contributed by atoms with Crippen molar-refractivity contribution < 1.29 is 4.79 Å². The molecule has 1 aromatic heterocycles. The van der Waals surface area contributed by atoms with Gasteiger partial charge in [0.15, 0.2) is 0 Å². The third kappa shape index (κ3) is 5.41. The predicted molar refractivity (Wildman–Crippen MR) is 128 cm³/mol. The Morgan fingerprint density at radius 1 is 1.07 bits per heavy atom. The molecule has 1 heterocycles. The van der Waals surface area contributed by atoms with Crippen molar-refractivity contribution in [1.29, 1.82) is 0 Å². The van der Waals surface area contributed by atoms with Crippen molar-refractivity contribution in [3.63, 3.8) is 0 Å². The molecule has 0 spiro atoms. The van der Waals surface area contributed by atoms with Gasteiger partial charge in [0, 0.05) is 32.6 Å². The number of amides is 1. The number of carbonyl (C=O) groups is 1.